The van der Waals surface area contributed by atoms with Crippen LogP contribution in [0, 0.1) is 0 Å². The van der Waals surface area contributed by atoms with E-state index in [4.69, 9.17) is 4.42 Å². The highest BCUT2D eigenvalue weighted by Gasteiger charge is 2.14. The Morgan fingerprint density at radius 1 is 0.411 bits per heavy atom. The first-order valence-corrected chi connectivity index (χ1v) is 19.0. The number of allylic oxidation sites excluding steroid dienone is 4. The molecule has 0 bridgehead atoms. The smallest absolute Gasteiger partial charge is 0.135 e. The van der Waals surface area contributed by atoms with E-state index in [-0.39, 0.29) is 0 Å². The van der Waals surface area contributed by atoms with Gasteiger partial charge in [-0.2, -0.15) is 0 Å². The lowest BCUT2D eigenvalue weighted by Gasteiger charge is -2.16. The minimum Gasteiger partial charge on any atom is -0.456 e. The number of furan rings is 1. The van der Waals surface area contributed by atoms with Crippen molar-refractivity contribution in [1.29, 1.82) is 0 Å². The van der Waals surface area contributed by atoms with Crippen LogP contribution in [0.25, 0.3) is 98.8 Å². The average Bonchev–Trinajstić information content (AvgIpc) is 3.65. The normalized spacial score (nSPS) is 11.8. The number of fused-ring (bicyclic) bond motifs is 10. The van der Waals surface area contributed by atoms with E-state index in [0.717, 1.165) is 77.1 Å². The molecule has 0 N–H and O–H groups in total. The summed E-state index contributed by atoms with van der Waals surface area (Å²) in [5.74, 6) is 0. The van der Waals surface area contributed by atoms with Gasteiger partial charge < -0.3 is 8.98 Å². The predicted octanol–water partition coefficient (Wildman–Crippen LogP) is 15.2. The SMILES string of the molecule is C=C/C=C(\C=C)c1ccc2c(c1)c1ccccc1c1ccccc1c1cc(-c3ccccc3)ccc1n2-c1ccc(-c2ccc3oc4ccccc4c3c2)cc1. The summed E-state index contributed by atoms with van der Waals surface area (Å²) in [4.78, 5) is 0. The lowest BCUT2D eigenvalue weighted by Crippen LogP contribution is -1.99. The monoisotopic (exact) mass is 715 g/mol. The summed E-state index contributed by atoms with van der Waals surface area (Å²) in [7, 11) is 0. The van der Waals surface area contributed by atoms with Gasteiger partial charge in [-0.05, 0) is 110 Å². The van der Waals surface area contributed by atoms with Crippen LogP contribution in [-0.4, -0.2) is 4.57 Å². The van der Waals surface area contributed by atoms with Gasteiger partial charge in [-0.15, -0.1) is 0 Å². The number of nitrogens with zero attached hydrogens (tertiary/aromatic N) is 1. The van der Waals surface area contributed by atoms with Gasteiger partial charge in [-0.25, -0.2) is 0 Å². The van der Waals surface area contributed by atoms with Gasteiger partial charge in [0.1, 0.15) is 11.2 Å². The second-order valence-electron chi connectivity index (χ2n) is 14.2. The van der Waals surface area contributed by atoms with Crippen molar-refractivity contribution in [2.75, 3.05) is 0 Å². The predicted molar refractivity (Wildman–Crippen MR) is 240 cm³/mol. The third-order valence-electron chi connectivity index (χ3n) is 11.0. The fraction of sp³-hybridized carbons (Fsp3) is 0. The fourth-order valence-electron chi connectivity index (χ4n) is 8.31. The molecule has 0 radical (unpaired) electrons. The molecule has 10 aromatic rings. The Morgan fingerprint density at radius 2 is 0.911 bits per heavy atom. The molecule has 10 rings (SSSR count). The van der Waals surface area contributed by atoms with E-state index in [1.807, 2.05) is 30.4 Å². The molecule has 2 nitrogen and oxygen atoms in total. The Morgan fingerprint density at radius 3 is 1.57 bits per heavy atom. The second-order valence-corrected chi connectivity index (χ2v) is 14.2. The lowest BCUT2D eigenvalue weighted by atomic mass is 9.98. The van der Waals surface area contributed by atoms with E-state index in [1.54, 1.807) is 0 Å². The summed E-state index contributed by atoms with van der Waals surface area (Å²) < 4.78 is 8.58. The first kappa shape index (κ1) is 33.2. The zero-order valence-corrected chi connectivity index (χ0v) is 30.8. The number of rotatable bonds is 6. The number of hydrogen-bond donors (Lipinski definition) is 0. The molecular formula is C54H37NO. The third kappa shape index (κ3) is 5.59. The maximum Gasteiger partial charge on any atom is 0.135 e. The number of hydrogen-bond acceptors (Lipinski definition) is 1. The van der Waals surface area contributed by atoms with E-state index >= 15 is 0 Å². The largest absolute Gasteiger partial charge is 0.456 e. The molecule has 8 aromatic carbocycles. The highest BCUT2D eigenvalue weighted by atomic mass is 16.3. The van der Waals surface area contributed by atoms with Crippen molar-refractivity contribution < 1.29 is 4.42 Å². The quantitative estimate of drug-likeness (QED) is 0.157. The summed E-state index contributed by atoms with van der Waals surface area (Å²) in [5.41, 5.74) is 11.8. The van der Waals surface area contributed by atoms with Crippen LogP contribution in [0.2, 0.25) is 0 Å². The van der Waals surface area contributed by atoms with E-state index in [0.29, 0.717) is 0 Å². The van der Waals surface area contributed by atoms with Gasteiger partial charge in [0, 0.05) is 27.2 Å². The number of aromatic nitrogens is 1. The molecule has 0 saturated heterocycles. The van der Waals surface area contributed by atoms with Crippen LogP contribution in [0.5, 0.6) is 0 Å². The molecule has 0 aliphatic rings. The topological polar surface area (TPSA) is 18.1 Å². The molecule has 2 heterocycles. The molecule has 0 amide bonds. The van der Waals surface area contributed by atoms with Crippen LogP contribution in [-0.2, 0) is 0 Å². The highest BCUT2D eigenvalue weighted by Crippen LogP contribution is 2.38. The van der Waals surface area contributed by atoms with Crippen LogP contribution in [0.3, 0.4) is 0 Å². The molecule has 0 spiro atoms. The Kier molecular flexibility index (Phi) is 8.16. The summed E-state index contributed by atoms with van der Waals surface area (Å²) in [6.45, 7) is 8.13. The van der Waals surface area contributed by atoms with Crippen molar-refractivity contribution in [3.05, 3.63) is 219 Å². The zero-order chi connectivity index (χ0) is 37.6. The van der Waals surface area contributed by atoms with E-state index < -0.39 is 0 Å². The third-order valence-corrected chi connectivity index (χ3v) is 11.0. The average molecular weight is 716 g/mol. The Balaban J connectivity index is 1.32. The van der Waals surface area contributed by atoms with Crippen molar-refractivity contribution in [3.63, 3.8) is 0 Å². The van der Waals surface area contributed by atoms with Crippen LogP contribution in [0.15, 0.2) is 218 Å². The summed E-state index contributed by atoms with van der Waals surface area (Å²) in [6, 6.07) is 65.6. The van der Waals surface area contributed by atoms with Crippen LogP contribution >= 0.6 is 0 Å². The van der Waals surface area contributed by atoms with Gasteiger partial charge in [0.25, 0.3) is 0 Å². The molecule has 0 atom stereocenters. The van der Waals surface area contributed by atoms with Gasteiger partial charge >= 0.3 is 0 Å². The van der Waals surface area contributed by atoms with Gasteiger partial charge in [-0.1, -0.05) is 159 Å². The summed E-state index contributed by atoms with van der Waals surface area (Å²) in [6.07, 6.45) is 5.75. The van der Waals surface area contributed by atoms with Gasteiger partial charge in [-0.3, -0.25) is 0 Å². The Bertz CT molecular complexity index is 3270. The molecule has 0 saturated carbocycles. The van der Waals surface area contributed by atoms with Crippen LogP contribution in [0.4, 0.5) is 0 Å². The number of para-hydroxylation sites is 1. The molecule has 56 heavy (non-hydrogen) atoms. The highest BCUT2D eigenvalue weighted by molar-refractivity contribution is 6.20. The molecule has 0 unspecified atom stereocenters. The van der Waals surface area contributed by atoms with Crippen molar-refractivity contribution in [1.82, 2.24) is 4.57 Å². The molecular weight excluding hydrogens is 679 g/mol. The zero-order valence-electron chi connectivity index (χ0n) is 30.8. The molecule has 0 fully saturated rings. The maximum atomic E-state index is 6.15. The van der Waals surface area contributed by atoms with Crippen molar-refractivity contribution in [3.8, 4) is 27.9 Å². The first-order chi connectivity index (χ1) is 27.7. The molecule has 0 aliphatic heterocycles. The first-order valence-electron chi connectivity index (χ1n) is 19.0. The molecule has 2 heteroatoms. The van der Waals surface area contributed by atoms with Gasteiger partial charge in [0.2, 0.25) is 0 Å². The molecule has 264 valence electrons. The van der Waals surface area contributed by atoms with Crippen molar-refractivity contribution in [2.24, 2.45) is 0 Å². The van der Waals surface area contributed by atoms with E-state index in [2.05, 4.69) is 188 Å². The Hall–Kier alpha value is -7.42. The van der Waals surface area contributed by atoms with Crippen molar-refractivity contribution >= 4 is 70.9 Å². The molecule has 2 aromatic heterocycles. The number of benzene rings is 8. The van der Waals surface area contributed by atoms with E-state index in [9.17, 15) is 0 Å². The van der Waals surface area contributed by atoms with Crippen LogP contribution in [0.1, 0.15) is 5.56 Å². The van der Waals surface area contributed by atoms with Gasteiger partial charge in [0.15, 0.2) is 0 Å². The fourth-order valence-corrected chi connectivity index (χ4v) is 8.31. The maximum absolute atomic E-state index is 6.15. The van der Waals surface area contributed by atoms with Crippen molar-refractivity contribution in [2.45, 2.75) is 0 Å². The minimum absolute atomic E-state index is 0.897. The minimum atomic E-state index is 0.897. The summed E-state index contributed by atoms with van der Waals surface area (Å²) >= 11 is 0. The standard InChI is InChI=1S/C54H37NO/c1-3-14-36(4-2)39-25-30-51-48(33-39)45-19-10-8-17-43(45)44-18-9-11-20-46(44)49-34-40(37-15-6-5-7-16-37)26-31-52(49)55(51)42-28-23-38(24-29-42)41-27-32-54-50(35-41)47-21-12-13-22-53(47)56-54/h3-35H,1-2H2/b36-14+. The van der Waals surface area contributed by atoms with Crippen LogP contribution < -0.4 is 0 Å². The lowest BCUT2D eigenvalue weighted by molar-refractivity contribution is 0.669. The Labute approximate surface area is 325 Å². The summed E-state index contributed by atoms with van der Waals surface area (Å²) in [5, 5.41) is 9.26. The van der Waals surface area contributed by atoms with Gasteiger partial charge in [0.05, 0.1) is 11.0 Å². The van der Waals surface area contributed by atoms with E-state index in [1.165, 1.54) is 27.3 Å². The second kappa shape index (κ2) is 13.8. The molecule has 0 aliphatic carbocycles.